The Morgan fingerprint density at radius 3 is 1.82 bits per heavy atom. The quantitative estimate of drug-likeness (QED) is 0.340. The van der Waals surface area contributed by atoms with Gasteiger partial charge in [0, 0.05) is 0 Å². The zero-order valence-electron chi connectivity index (χ0n) is 8.52. The van der Waals surface area contributed by atoms with E-state index in [2.05, 4.69) is 9.57 Å². The van der Waals surface area contributed by atoms with E-state index in [-0.39, 0.29) is 0 Å². The molecule has 10 heteroatoms. The van der Waals surface area contributed by atoms with Crippen molar-refractivity contribution in [1.82, 2.24) is 0 Å². The second-order valence-electron chi connectivity index (χ2n) is 2.71. The van der Waals surface area contributed by atoms with Gasteiger partial charge in [-0.3, -0.25) is 0 Å². The molecule has 4 nitrogen and oxygen atoms in total. The maximum atomic E-state index is 11.9. The molecule has 1 unspecified atom stereocenters. The lowest BCUT2D eigenvalue weighted by Crippen LogP contribution is -2.37. The highest BCUT2D eigenvalue weighted by atomic mass is 19.4. The number of alkyl halides is 6. The van der Waals surface area contributed by atoms with Gasteiger partial charge in [0.05, 0.1) is 7.11 Å². The van der Waals surface area contributed by atoms with Gasteiger partial charge in [-0.05, 0) is 6.92 Å². The number of hydrogen-bond acceptors (Lipinski definition) is 4. The molecule has 1 atom stereocenters. The molecule has 0 radical (unpaired) electrons. The van der Waals surface area contributed by atoms with E-state index >= 15 is 0 Å². The van der Waals surface area contributed by atoms with Crippen molar-refractivity contribution in [1.29, 1.82) is 0 Å². The highest BCUT2D eigenvalue weighted by Crippen LogP contribution is 2.30. The summed E-state index contributed by atoms with van der Waals surface area (Å²) >= 11 is 0. The Kier molecular flexibility index (Phi) is 4.78. The first kappa shape index (κ1) is 15.5. The molecular weight excluding hydrogens is 260 g/mol. The monoisotopic (exact) mass is 267 g/mol. The fourth-order valence-electron chi connectivity index (χ4n) is 0.605. The fraction of sp³-hybridized carbons (Fsp3) is 0.714. The Bertz CT molecular complexity index is 292. The third kappa shape index (κ3) is 4.91. The van der Waals surface area contributed by atoms with Crippen LogP contribution in [0, 0.1) is 0 Å². The van der Waals surface area contributed by atoms with Gasteiger partial charge in [-0.2, -0.15) is 26.3 Å². The van der Waals surface area contributed by atoms with Crippen LogP contribution in [0.15, 0.2) is 5.16 Å². The molecule has 100 valence electrons. The first-order chi connectivity index (χ1) is 7.50. The van der Waals surface area contributed by atoms with E-state index < -0.39 is 30.1 Å². The van der Waals surface area contributed by atoms with Crippen LogP contribution in [0.3, 0.4) is 0 Å². The third-order valence-corrected chi connectivity index (χ3v) is 1.37. The van der Waals surface area contributed by atoms with Crippen LogP contribution < -0.4 is 0 Å². The lowest BCUT2D eigenvalue weighted by atomic mass is 10.3. The van der Waals surface area contributed by atoms with Crippen LogP contribution in [0.1, 0.15) is 6.92 Å². The number of carbonyl (C=O) groups is 1. The van der Waals surface area contributed by atoms with Gasteiger partial charge in [-0.15, -0.1) is 0 Å². The zero-order valence-corrected chi connectivity index (χ0v) is 8.52. The van der Waals surface area contributed by atoms with Gasteiger partial charge in [0.15, 0.2) is 0 Å². The Labute approximate surface area is 91.2 Å². The second-order valence-corrected chi connectivity index (χ2v) is 2.71. The zero-order chi connectivity index (χ0) is 13.9. The van der Waals surface area contributed by atoms with E-state index in [1.807, 2.05) is 5.16 Å². The van der Waals surface area contributed by atoms with Crippen LogP contribution in [-0.4, -0.2) is 37.2 Å². The average Bonchev–Trinajstić information content (AvgIpc) is 2.12. The number of ether oxygens (including phenoxy) is 1. The Hall–Kier alpha value is -1.48. The molecule has 0 bridgehead atoms. The summed E-state index contributed by atoms with van der Waals surface area (Å²) in [5.74, 6) is -1.16. The molecule has 0 spiro atoms. The van der Waals surface area contributed by atoms with Crippen molar-refractivity contribution in [2.75, 3.05) is 7.11 Å². The van der Waals surface area contributed by atoms with Crippen LogP contribution >= 0.6 is 0 Å². The average molecular weight is 267 g/mol. The summed E-state index contributed by atoms with van der Waals surface area (Å²) in [5.41, 5.74) is -3.08. The molecule has 0 heterocycles. The minimum atomic E-state index is -5.73. The van der Waals surface area contributed by atoms with Gasteiger partial charge < -0.3 is 9.57 Å². The van der Waals surface area contributed by atoms with E-state index in [1.165, 1.54) is 0 Å². The lowest BCUT2D eigenvalue weighted by molar-refractivity contribution is -0.155. The predicted molar refractivity (Wildman–Crippen MR) is 42.1 cm³/mol. The van der Waals surface area contributed by atoms with Crippen LogP contribution in [0.4, 0.5) is 26.3 Å². The van der Waals surface area contributed by atoms with E-state index in [0.717, 1.165) is 14.0 Å². The normalized spacial score (nSPS) is 13.9. The van der Waals surface area contributed by atoms with Crippen molar-refractivity contribution < 1.29 is 40.7 Å². The molecule has 0 aliphatic heterocycles. The standard InChI is InChI=1S/C7H7F6NO3/c1-3(4(15)16-2)17-14-5(6(8,9)10)7(11,12)13/h3H,1-2H3. The summed E-state index contributed by atoms with van der Waals surface area (Å²) in [7, 11) is 0.889. The van der Waals surface area contributed by atoms with Gasteiger partial charge in [0.2, 0.25) is 6.10 Å². The highest BCUT2D eigenvalue weighted by molar-refractivity contribution is 5.94. The second kappa shape index (κ2) is 5.23. The molecule has 0 aromatic rings. The van der Waals surface area contributed by atoms with Crippen molar-refractivity contribution in [2.24, 2.45) is 5.16 Å². The largest absolute Gasteiger partial charge is 0.466 e. The first-order valence-corrected chi connectivity index (χ1v) is 3.96. The van der Waals surface area contributed by atoms with Gasteiger partial charge >= 0.3 is 18.3 Å². The predicted octanol–water partition coefficient (Wildman–Crippen LogP) is 2.05. The number of oxime groups is 1. The topological polar surface area (TPSA) is 47.9 Å². The molecular formula is C7H7F6NO3. The van der Waals surface area contributed by atoms with Gasteiger partial charge in [-0.1, -0.05) is 5.16 Å². The van der Waals surface area contributed by atoms with E-state index in [0.29, 0.717) is 0 Å². The summed E-state index contributed by atoms with van der Waals surface area (Å²) in [6, 6.07) is 0. The molecule has 0 amide bonds. The SMILES string of the molecule is COC(=O)C(C)ON=C(C(F)(F)F)C(F)(F)F. The molecule has 0 aliphatic carbocycles. The van der Waals surface area contributed by atoms with Crippen molar-refractivity contribution >= 4 is 11.7 Å². The molecule has 0 aromatic carbocycles. The Morgan fingerprint density at radius 1 is 1.12 bits per heavy atom. The van der Waals surface area contributed by atoms with E-state index in [4.69, 9.17) is 0 Å². The molecule has 0 saturated carbocycles. The molecule has 17 heavy (non-hydrogen) atoms. The van der Waals surface area contributed by atoms with Gasteiger partial charge in [-0.25, -0.2) is 4.79 Å². The number of nitrogens with zero attached hydrogens (tertiary/aromatic N) is 1. The van der Waals surface area contributed by atoms with Crippen molar-refractivity contribution in [3.05, 3.63) is 0 Å². The Balaban J connectivity index is 4.92. The minimum absolute atomic E-state index is 0.889. The first-order valence-electron chi connectivity index (χ1n) is 3.96. The Morgan fingerprint density at radius 2 is 1.53 bits per heavy atom. The van der Waals surface area contributed by atoms with Crippen molar-refractivity contribution in [3.8, 4) is 0 Å². The number of rotatable bonds is 3. The van der Waals surface area contributed by atoms with E-state index in [9.17, 15) is 31.1 Å². The summed E-state index contributed by atoms with van der Waals surface area (Å²) < 4.78 is 75.4. The molecule has 0 N–H and O–H groups in total. The summed E-state index contributed by atoms with van der Waals surface area (Å²) in [5, 5.41) is 1.90. The maximum absolute atomic E-state index is 11.9. The molecule has 0 saturated heterocycles. The molecule has 0 aliphatic rings. The van der Waals surface area contributed by atoms with Gasteiger partial charge in [0.25, 0.3) is 5.71 Å². The summed E-state index contributed by atoms with van der Waals surface area (Å²) in [6.45, 7) is 0.889. The van der Waals surface area contributed by atoms with Crippen LogP contribution in [-0.2, 0) is 14.4 Å². The third-order valence-electron chi connectivity index (χ3n) is 1.37. The van der Waals surface area contributed by atoms with Crippen molar-refractivity contribution in [3.63, 3.8) is 0 Å². The van der Waals surface area contributed by atoms with Crippen LogP contribution in [0.5, 0.6) is 0 Å². The van der Waals surface area contributed by atoms with E-state index in [1.54, 1.807) is 0 Å². The number of carbonyl (C=O) groups excluding carboxylic acids is 1. The number of halogens is 6. The summed E-state index contributed by atoms with van der Waals surface area (Å²) in [6.07, 6.45) is -13.1. The molecule has 0 aromatic heterocycles. The smallest absolute Gasteiger partial charge is 0.441 e. The summed E-state index contributed by atoms with van der Waals surface area (Å²) in [4.78, 5) is 14.4. The molecule has 0 rings (SSSR count). The number of hydrogen-bond donors (Lipinski definition) is 0. The van der Waals surface area contributed by atoms with Gasteiger partial charge in [0.1, 0.15) is 0 Å². The van der Waals surface area contributed by atoms with Crippen molar-refractivity contribution in [2.45, 2.75) is 25.4 Å². The van der Waals surface area contributed by atoms with Crippen LogP contribution in [0.2, 0.25) is 0 Å². The number of methoxy groups -OCH3 is 1. The minimum Gasteiger partial charge on any atom is -0.466 e. The maximum Gasteiger partial charge on any atom is 0.441 e. The van der Waals surface area contributed by atoms with Crippen LogP contribution in [0.25, 0.3) is 0 Å². The molecule has 0 fully saturated rings. The number of esters is 1. The highest BCUT2D eigenvalue weighted by Gasteiger charge is 2.54. The lowest BCUT2D eigenvalue weighted by Gasteiger charge is -2.14. The fourth-order valence-corrected chi connectivity index (χ4v) is 0.605.